The molecule has 0 radical (unpaired) electrons. The van der Waals surface area contributed by atoms with Crippen LogP contribution in [0.4, 0.5) is 0 Å². The Bertz CT molecular complexity index is 270. The molecular formula is C12H22N2S. The van der Waals surface area contributed by atoms with Crippen LogP contribution in [-0.4, -0.2) is 18.1 Å². The largest absolute Gasteiger partial charge is 0.317 e. The van der Waals surface area contributed by atoms with Gasteiger partial charge in [-0.2, -0.15) is 0 Å². The molecule has 3 heteroatoms. The quantitative estimate of drug-likeness (QED) is 0.722. The molecule has 1 unspecified atom stereocenters. The Kier molecular flexibility index (Phi) is 5.88. The van der Waals surface area contributed by atoms with Crippen molar-refractivity contribution in [2.24, 2.45) is 0 Å². The Morgan fingerprint density at radius 3 is 2.80 bits per heavy atom. The summed E-state index contributed by atoms with van der Waals surface area (Å²) in [7, 11) is 2.05. The first kappa shape index (κ1) is 12.7. The van der Waals surface area contributed by atoms with Gasteiger partial charge in [-0.3, -0.25) is 0 Å². The fraction of sp³-hybridized carbons (Fsp3) is 0.750. The van der Waals surface area contributed by atoms with Crippen molar-refractivity contribution >= 4 is 11.3 Å². The highest BCUT2D eigenvalue weighted by Crippen LogP contribution is 2.12. The lowest BCUT2D eigenvalue weighted by molar-refractivity contribution is 0.487. The molecule has 1 rings (SSSR count). The predicted octanol–water partition coefficient (Wildman–Crippen LogP) is 3.16. The third kappa shape index (κ3) is 4.76. The van der Waals surface area contributed by atoms with Crippen molar-refractivity contribution in [3.63, 3.8) is 0 Å². The number of rotatable bonds is 7. The van der Waals surface area contributed by atoms with Gasteiger partial charge in [0.1, 0.15) is 0 Å². The predicted molar refractivity (Wildman–Crippen MR) is 67.5 cm³/mol. The van der Waals surface area contributed by atoms with E-state index < -0.39 is 0 Å². The van der Waals surface area contributed by atoms with E-state index >= 15 is 0 Å². The number of nitrogens with zero attached hydrogens (tertiary/aromatic N) is 1. The Balaban J connectivity index is 2.33. The van der Waals surface area contributed by atoms with Crippen molar-refractivity contribution in [2.75, 3.05) is 7.05 Å². The summed E-state index contributed by atoms with van der Waals surface area (Å²) in [5.74, 6) is 0. The number of aryl methyl sites for hydroxylation is 1. The lowest BCUT2D eigenvalue weighted by Crippen LogP contribution is -2.27. The first-order valence-electron chi connectivity index (χ1n) is 5.84. The second-order valence-electron chi connectivity index (χ2n) is 4.04. The lowest BCUT2D eigenvalue weighted by atomic mass is 10.0. The van der Waals surface area contributed by atoms with Crippen LogP contribution in [-0.2, 0) is 6.42 Å². The Morgan fingerprint density at radius 2 is 2.27 bits per heavy atom. The molecule has 15 heavy (non-hydrogen) atoms. The first-order chi connectivity index (χ1) is 7.26. The van der Waals surface area contributed by atoms with E-state index in [0.29, 0.717) is 6.04 Å². The van der Waals surface area contributed by atoms with E-state index in [2.05, 4.69) is 36.6 Å². The number of likely N-dealkylation sites (N-methyl/N-ethyl adjacent to an activating group) is 1. The standard InChI is InChI=1S/C12H22N2S/c1-4-5-6-7-11(13-3)8-12-9-15-10(2)14-12/h9,11,13H,4-8H2,1-3H3. The first-order valence-corrected chi connectivity index (χ1v) is 6.72. The fourth-order valence-electron chi connectivity index (χ4n) is 1.74. The van der Waals surface area contributed by atoms with Gasteiger partial charge in [0.05, 0.1) is 10.7 Å². The van der Waals surface area contributed by atoms with E-state index in [1.165, 1.54) is 36.4 Å². The minimum atomic E-state index is 0.595. The normalized spacial score (nSPS) is 13.0. The SMILES string of the molecule is CCCCCC(Cc1csc(C)n1)NC. The molecule has 0 saturated heterocycles. The average molecular weight is 226 g/mol. The van der Waals surface area contributed by atoms with Gasteiger partial charge in [0, 0.05) is 17.8 Å². The van der Waals surface area contributed by atoms with Crippen molar-refractivity contribution in [2.45, 2.75) is 52.0 Å². The number of hydrogen-bond acceptors (Lipinski definition) is 3. The third-order valence-electron chi connectivity index (χ3n) is 2.69. The molecule has 0 saturated carbocycles. The van der Waals surface area contributed by atoms with Crippen LogP contribution in [0.1, 0.15) is 43.3 Å². The maximum absolute atomic E-state index is 4.51. The molecule has 0 spiro atoms. The van der Waals surface area contributed by atoms with E-state index in [9.17, 15) is 0 Å². The van der Waals surface area contributed by atoms with Crippen LogP contribution in [0.3, 0.4) is 0 Å². The highest BCUT2D eigenvalue weighted by atomic mass is 32.1. The zero-order chi connectivity index (χ0) is 11.1. The molecule has 0 fully saturated rings. The molecule has 0 aliphatic carbocycles. The highest BCUT2D eigenvalue weighted by molar-refractivity contribution is 7.09. The van der Waals surface area contributed by atoms with Crippen LogP contribution in [0.25, 0.3) is 0 Å². The molecular weight excluding hydrogens is 204 g/mol. The average Bonchev–Trinajstić information content (AvgIpc) is 2.63. The van der Waals surface area contributed by atoms with Crippen molar-refractivity contribution in [3.05, 3.63) is 16.1 Å². The zero-order valence-electron chi connectivity index (χ0n) is 10.0. The summed E-state index contributed by atoms with van der Waals surface area (Å²) < 4.78 is 0. The maximum Gasteiger partial charge on any atom is 0.0897 e. The molecule has 1 aromatic rings. The van der Waals surface area contributed by atoms with Gasteiger partial charge in [0.2, 0.25) is 0 Å². The molecule has 1 heterocycles. The molecule has 0 amide bonds. The Hall–Kier alpha value is -0.410. The van der Waals surface area contributed by atoms with Gasteiger partial charge in [-0.05, 0) is 20.4 Å². The summed E-state index contributed by atoms with van der Waals surface area (Å²) in [6.07, 6.45) is 6.30. The fourth-order valence-corrected chi connectivity index (χ4v) is 2.37. The monoisotopic (exact) mass is 226 g/mol. The van der Waals surface area contributed by atoms with Gasteiger partial charge in [-0.25, -0.2) is 4.98 Å². The molecule has 1 aromatic heterocycles. The van der Waals surface area contributed by atoms with Gasteiger partial charge in [-0.15, -0.1) is 11.3 Å². The third-order valence-corrected chi connectivity index (χ3v) is 3.51. The number of hydrogen-bond donors (Lipinski definition) is 1. The van der Waals surface area contributed by atoms with Gasteiger partial charge >= 0.3 is 0 Å². The minimum absolute atomic E-state index is 0.595. The molecule has 0 aromatic carbocycles. The van der Waals surface area contributed by atoms with E-state index in [-0.39, 0.29) is 0 Å². The minimum Gasteiger partial charge on any atom is -0.317 e. The number of nitrogens with one attached hydrogen (secondary N) is 1. The van der Waals surface area contributed by atoms with E-state index in [4.69, 9.17) is 0 Å². The van der Waals surface area contributed by atoms with Crippen LogP contribution in [0, 0.1) is 6.92 Å². The number of unbranched alkanes of at least 4 members (excludes halogenated alkanes) is 2. The summed E-state index contributed by atoms with van der Waals surface area (Å²) in [4.78, 5) is 4.51. The Labute approximate surface area is 97.1 Å². The van der Waals surface area contributed by atoms with Crippen LogP contribution < -0.4 is 5.32 Å². The Morgan fingerprint density at radius 1 is 1.47 bits per heavy atom. The van der Waals surface area contributed by atoms with E-state index in [0.717, 1.165) is 6.42 Å². The van der Waals surface area contributed by atoms with Gasteiger partial charge < -0.3 is 5.32 Å². The van der Waals surface area contributed by atoms with E-state index in [1.54, 1.807) is 11.3 Å². The number of aromatic nitrogens is 1. The summed E-state index contributed by atoms with van der Waals surface area (Å²) >= 11 is 1.75. The smallest absolute Gasteiger partial charge is 0.0897 e. The molecule has 0 aliphatic rings. The second-order valence-corrected chi connectivity index (χ2v) is 5.11. The van der Waals surface area contributed by atoms with Crippen LogP contribution in [0.2, 0.25) is 0 Å². The summed E-state index contributed by atoms with van der Waals surface area (Å²) in [6.45, 7) is 4.32. The van der Waals surface area contributed by atoms with Crippen LogP contribution >= 0.6 is 11.3 Å². The molecule has 1 atom stereocenters. The van der Waals surface area contributed by atoms with E-state index in [1.807, 2.05) is 0 Å². The van der Waals surface area contributed by atoms with Crippen molar-refractivity contribution < 1.29 is 0 Å². The molecule has 86 valence electrons. The van der Waals surface area contributed by atoms with Gasteiger partial charge in [-0.1, -0.05) is 26.2 Å². The summed E-state index contributed by atoms with van der Waals surface area (Å²) in [5, 5.41) is 6.74. The topological polar surface area (TPSA) is 24.9 Å². The van der Waals surface area contributed by atoms with Crippen LogP contribution in [0.5, 0.6) is 0 Å². The zero-order valence-corrected chi connectivity index (χ0v) is 10.9. The lowest BCUT2D eigenvalue weighted by Gasteiger charge is -2.14. The van der Waals surface area contributed by atoms with Crippen molar-refractivity contribution in [1.29, 1.82) is 0 Å². The highest BCUT2D eigenvalue weighted by Gasteiger charge is 2.08. The van der Waals surface area contributed by atoms with Crippen LogP contribution in [0.15, 0.2) is 5.38 Å². The molecule has 2 nitrogen and oxygen atoms in total. The summed E-state index contributed by atoms with van der Waals surface area (Å²) in [5.41, 5.74) is 1.24. The van der Waals surface area contributed by atoms with Gasteiger partial charge in [0.25, 0.3) is 0 Å². The van der Waals surface area contributed by atoms with Crippen molar-refractivity contribution in [1.82, 2.24) is 10.3 Å². The number of thiazole rings is 1. The summed E-state index contributed by atoms with van der Waals surface area (Å²) in [6, 6.07) is 0.595. The molecule has 0 bridgehead atoms. The second kappa shape index (κ2) is 6.96. The van der Waals surface area contributed by atoms with Gasteiger partial charge in [0.15, 0.2) is 0 Å². The van der Waals surface area contributed by atoms with Crippen molar-refractivity contribution in [3.8, 4) is 0 Å². The molecule has 1 N–H and O–H groups in total. The molecule has 0 aliphatic heterocycles. The maximum atomic E-state index is 4.51.